The lowest BCUT2D eigenvalue weighted by Crippen LogP contribution is -1.70. The predicted molar refractivity (Wildman–Crippen MR) is 52.0 cm³/mol. The Morgan fingerprint density at radius 3 is 2.09 bits per heavy atom. The summed E-state index contributed by atoms with van der Waals surface area (Å²) in [6, 6.07) is 0. The first-order valence-electron chi connectivity index (χ1n) is 3.17. The molecule has 0 radical (unpaired) electrons. The van der Waals surface area contributed by atoms with Gasteiger partial charge in [-0.05, 0) is 0 Å². The SMILES string of the molecule is CCSP(=O)(N=C=O)SCC. The first-order chi connectivity index (χ1) is 5.18. The number of nitrogens with zero attached hydrogens (tertiary/aromatic N) is 1. The molecule has 0 unspecified atom stereocenters. The number of carbonyl (C=O) groups excluding carboxylic acids is 1. The Morgan fingerprint density at radius 1 is 1.36 bits per heavy atom. The van der Waals surface area contributed by atoms with Crippen LogP contribution in [0.5, 0.6) is 0 Å². The van der Waals surface area contributed by atoms with Crippen LogP contribution in [0.15, 0.2) is 4.76 Å². The molecule has 0 spiro atoms. The minimum atomic E-state index is -2.68. The Morgan fingerprint density at radius 2 is 1.82 bits per heavy atom. The Hall–Kier alpha value is 0.310. The summed E-state index contributed by atoms with van der Waals surface area (Å²) in [4.78, 5) is 9.88. The zero-order chi connectivity index (χ0) is 8.74. The van der Waals surface area contributed by atoms with E-state index in [-0.39, 0.29) is 0 Å². The summed E-state index contributed by atoms with van der Waals surface area (Å²) in [6.07, 6.45) is 1.35. The highest BCUT2D eigenvalue weighted by Gasteiger charge is 2.20. The van der Waals surface area contributed by atoms with Crippen molar-refractivity contribution in [3.8, 4) is 0 Å². The monoisotopic (exact) mass is 211 g/mol. The van der Waals surface area contributed by atoms with Crippen molar-refractivity contribution in [1.29, 1.82) is 0 Å². The molecule has 0 saturated carbocycles. The van der Waals surface area contributed by atoms with Gasteiger partial charge in [0.2, 0.25) is 6.08 Å². The topological polar surface area (TPSA) is 46.5 Å². The van der Waals surface area contributed by atoms with E-state index >= 15 is 0 Å². The summed E-state index contributed by atoms with van der Waals surface area (Å²) < 4.78 is 14.8. The van der Waals surface area contributed by atoms with Crippen molar-refractivity contribution in [3.63, 3.8) is 0 Å². The lowest BCUT2D eigenvalue weighted by Gasteiger charge is -2.05. The average Bonchev–Trinajstić information content (AvgIpc) is 1.88. The van der Waals surface area contributed by atoms with Crippen LogP contribution in [0.25, 0.3) is 0 Å². The third-order valence-electron chi connectivity index (χ3n) is 0.748. The van der Waals surface area contributed by atoms with Crippen LogP contribution in [0.3, 0.4) is 0 Å². The second kappa shape index (κ2) is 5.90. The standard InChI is InChI=1S/C5H10NO2PS2/c1-3-10-9(8,6-5-7)11-4-2/h3-4H2,1-2H3. The van der Waals surface area contributed by atoms with E-state index in [1.54, 1.807) is 0 Å². The van der Waals surface area contributed by atoms with E-state index in [0.29, 0.717) is 11.5 Å². The van der Waals surface area contributed by atoms with Gasteiger partial charge in [-0.2, -0.15) is 0 Å². The fraction of sp³-hybridized carbons (Fsp3) is 0.800. The average molecular weight is 211 g/mol. The molecule has 0 rings (SSSR count). The second-order valence-electron chi connectivity index (χ2n) is 1.50. The molecule has 0 heterocycles. The van der Waals surface area contributed by atoms with Crippen LogP contribution in [0.4, 0.5) is 0 Å². The largest absolute Gasteiger partial charge is 0.308 e. The molecule has 0 saturated heterocycles. The highest BCUT2D eigenvalue weighted by Crippen LogP contribution is 2.69. The van der Waals surface area contributed by atoms with Crippen molar-refractivity contribution >= 4 is 34.5 Å². The number of rotatable bonds is 5. The molecule has 0 aromatic carbocycles. The fourth-order valence-electron chi connectivity index (χ4n) is 0.471. The zero-order valence-electron chi connectivity index (χ0n) is 6.44. The van der Waals surface area contributed by atoms with E-state index in [9.17, 15) is 9.36 Å². The lowest BCUT2D eigenvalue weighted by atomic mass is 11.0. The molecule has 0 aliphatic rings. The summed E-state index contributed by atoms with van der Waals surface area (Å²) in [7, 11) is 0. The van der Waals surface area contributed by atoms with Crippen molar-refractivity contribution in [2.45, 2.75) is 13.8 Å². The number of isocyanates is 1. The van der Waals surface area contributed by atoms with Gasteiger partial charge in [-0.3, -0.25) is 4.57 Å². The highest BCUT2D eigenvalue weighted by atomic mass is 33.1. The molecule has 0 aromatic heterocycles. The van der Waals surface area contributed by atoms with E-state index in [2.05, 4.69) is 4.76 Å². The molecule has 64 valence electrons. The van der Waals surface area contributed by atoms with Crippen LogP contribution < -0.4 is 0 Å². The molecule has 0 amide bonds. The fourth-order valence-corrected chi connectivity index (χ4v) is 6.71. The maximum Gasteiger partial charge on any atom is 0.308 e. The number of hydrogen-bond donors (Lipinski definition) is 0. The van der Waals surface area contributed by atoms with Crippen LogP contribution in [0.1, 0.15) is 13.8 Å². The molecular weight excluding hydrogens is 201 g/mol. The Bertz CT molecular complexity index is 193. The first-order valence-corrected chi connectivity index (χ1v) is 8.01. The van der Waals surface area contributed by atoms with Gasteiger partial charge in [0.15, 0.2) is 0 Å². The molecule has 0 aliphatic heterocycles. The molecule has 3 nitrogen and oxygen atoms in total. The summed E-state index contributed by atoms with van der Waals surface area (Å²) in [6.45, 7) is 3.77. The van der Waals surface area contributed by atoms with Crippen LogP contribution in [0.2, 0.25) is 0 Å². The minimum Gasteiger partial charge on any atom is -0.274 e. The van der Waals surface area contributed by atoms with Gasteiger partial charge in [0.1, 0.15) is 0 Å². The van der Waals surface area contributed by atoms with E-state index in [1.165, 1.54) is 28.8 Å². The predicted octanol–water partition coefficient (Wildman–Crippen LogP) is 2.94. The van der Waals surface area contributed by atoms with Crippen molar-refractivity contribution < 1.29 is 9.36 Å². The molecule has 0 N–H and O–H groups in total. The highest BCUT2D eigenvalue weighted by molar-refractivity contribution is 8.90. The van der Waals surface area contributed by atoms with Crippen LogP contribution in [0, 0.1) is 0 Å². The van der Waals surface area contributed by atoms with E-state index in [0.717, 1.165) is 0 Å². The van der Waals surface area contributed by atoms with Gasteiger partial charge in [-0.25, -0.2) is 4.79 Å². The molecule has 0 fully saturated rings. The third kappa shape index (κ3) is 4.70. The maximum atomic E-state index is 11.5. The van der Waals surface area contributed by atoms with Gasteiger partial charge in [-0.1, -0.05) is 36.6 Å². The molecule has 0 bridgehead atoms. The maximum absolute atomic E-state index is 11.5. The smallest absolute Gasteiger partial charge is 0.274 e. The second-order valence-corrected chi connectivity index (χ2v) is 9.52. The summed E-state index contributed by atoms with van der Waals surface area (Å²) in [5.41, 5.74) is -2.68. The molecule has 0 aliphatic carbocycles. The van der Waals surface area contributed by atoms with Gasteiger partial charge in [-0.15, -0.1) is 4.76 Å². The van der Waals surface area contributed by atoms with Crippen LogP contribution >= 0.6 is 28.5 Å². The molecule has 0 atom stereocenters. The first kappa shape index (κ1) is 11.3. The molecular formula is C5H10NO2PS2. The van der Waals surface area contributed by atoms with Crippen molar-refractivity contribution in [1.82, 2.24) is 0 Å². The molecule has 6 heteroatoms. The van der Waals surface area contributed by atoms with E-state index in [4.69, 9.17) is 0 Å². The summed E-state index contributed by atoms with van der Waals surface area (Å²) >= 11 is 2.43. The Balaban J connectivity index is 4.25. The van der Waals surface area contributed by atoms with Gasteiger partial charge in [0.25, 0.3) is 0 Å². The quantitative estimate of drug-likeness (QED) is 0.398. The van der Waals surface area contributed by atoms with Gasteiger partial charge in [0, 0.05) is 11.5 Å². The minimum absolute atomic E-state index is 0.704. The van der Waals surface area contributed by atoms with Crippen molar-refractivity contribution in [2.75, 3.05) is 11.5 Å². The third-order valence-corrected chi connectivity index (χ3v) is 8.14. The normalized spacial score (nSPS) is 10.7. The van der Waals surface area contributed by atoms with Crippen molar-refractivity contribution in [2.24, 2.45) is 4.76 Å². The Kier molecular flexibility index (Phi) is 6.06. The summed E-state index contributed by atoms with van der Waals surface area (Å²) in [5, 5.41) is 0. The molecule has 0 aromatic rings. The summed E-state index contributed by atoms with van der Waals surface area (Å²) in [5.74, 6) is 1.41. The van der Waals surface area contributed by atoms with Crippen LogP contribution in [-0.2, 0) is 9.36 Å². The van der Waals surface area contributed by atoms with E-state index < -0.39 is 5.70 Å². The molecule has 11 heavy (non-hydrogen) atoms. The zero-order valence-corrected chi connectivity index (χ0v) is 8.97. The number of hydrogen-bond acceptors (Lipinski definition) is 4. The van der Waals surface area contributed by atoms with Crippen molar-refractivity contribution in [3.05, 3.63) is 0 Å². The van der Waals surface area contributed by atoms with E-state index in [1.807, 2.05) is 13.8 Å². The van der Waals surface area contributed by atoms with Crippen LogP contribution in [-0.4, -0.2) is 17.6 Å². The van der Waals surface area contributed by atoms with Gasteiger partial charge in [0.05, 0.1) is 0 Å². The van der Waals surface area contributed by atoms with Gasteiger partial charge < -0.3 is 0 Å². The lowest BCUT2D eigenvalue weighted by molar-refractivity contribution is 0.564. The van der Waals surface area contributed by atoms with Gasteiger partial charge >= 0.3 is 5.70 Å². The Labute approximate surface area is 74.3 Å².